The number of ether oxygens (including phenoxy) is 2. The van der Waals surface area contributed by atoms with Gasteiger partial charge in [-0.25, -0.2) is 17.6 Å². The summed E-state index contributed by atoms with van der Waals surface area (Å²) in [5.41, 5.74) is 7.74. The second-order valence-electron chi connectivity index (χ2n) is 11.5. The first-order valence-corrected chi connectivity index (χ1v) is 15.9. The third-order valence-electron chi connectivity index (χ3n) is 7.98. The van der Waals surface area contributed by atoms with Crippen molar-refractivity contribution >= 4 is 0 Å². The van der Waals surface area contributed by atoms with E-state index in [2.05, 4.69) is 0 Å². The van der Waals surface area contributed by atoms with Crippen molar-refractivity contribution in [2.24, 2.45) is 0 Å². The SMILES string of the molecule is Cc1cc(-c2ccc(OCOc3ccc(-c4ccc(-c5ccc(F)cc5)c(C)c4)c(F)c3)cc2F)ccc1-c1ccc(F)cc1.FCCCF. The van der Waals surface area contributed by atoms with E-state index in [1.165, 1.54) is 36.4 Å². The van der Waals surface area contributed by atoms with Crippen LogP contribution in [0.15, 0.2) is 121 Å². The second kappa shape index (κ2) is 16.7. The molecule has 0 aliphatic heterocycles. The lowest BCUT2D eigenvalue weighted by Gasteiger charge is -2.13. The van der Waals surface area contributed by atoms with Gasteiger partial charge in [0.15, 0.2) is 0 Å². The van der Waals surface area contributed by atoms with Gasteiger partial charge in [0.1, 0.15) is 34.8 Å². The molecule has 0 bridgehead atoms. The number of alkyl halides is 2. The van der Waals surface area contributed by atoms with Gasteiger partial charge in [-0.05, 0) is 107 Å². The molecule has 0 fully saturated rings. The Labute approximate surface area is 287 Å². The van der Waals surface area contributed by atoms with E-state index in [0.29, 0.717) is 22.3 Å². The molecule has 0 heterocycles. The van der Waals surface area contributed by atoms with E-state index >= 15 is 8.78 Å². The highest BCUT2D eigenvalue weighted by atomic mass is 19.1. The molecule has 0 atom stereocenters. The van der Waals surface area contributed by atoms with Crippen molar-refractivity contribution in [1.29, 1.82) is 0 Å². The summed E-state index contributed by atoms with van der Waals surface area (Å²) in [4.78, 5) is 0. The average molecular weight is 685 g/mol. The Morgan fingerprint density at radius 2 is 0.780 bits per heavy atom. The number of benzene rings is 6. The predicted molar refractivity (Wildman–Crippen MR) is 187 cm³/mol. The van der Waals surface area contributed by atoms with Gasteiger partial charge in [-0.3, -0.25) is 8.78 Å². The smallest absolute Gasteiger partial charge is 0.230 e. The average Bonchev–Trinajstić information content (AvgIpc) is 3.10. The monoisotopic (exact) mass is 684 g/mol. The van der Waals surface area contributed by atoms with Gasteiger partial charge in [0.25, 0.3) is 0 Å². The van der Waals surface area contributed by atoms with Crippen molar-refractivity contribution < 1.29 is 35.8 Å². The Bertz CT molecular complexity index is 1900. The van der Waals surface area contributed by atoms with Gasteiger partial charge in [0.05, 0.1) is 13.3 Å². The normalized spacial score (nSPS) is 10.7. The molecule has 0 N–H and O–H groups in total. The summed E-state index contributed by atoms with van der Waals surface area (Å²) in [6.45, 7) is 2.55. The molecule has 8 heteroatoms. The highest BCUT2D eigenvalue weighted by Crippen LogP contribution is 2.33. The third kappa shape index (κ3) is 8.94. The van der Waals surface area contributed by atoms with Crippen LogP contribution in [0.3, 0.4) is 0 Å². The first-order valence-electron chi connectivity index (χ1n) is 15.9. The van der Waals surface area contributed by atoms with Gasteiger partial charge in [0.2, 0.25) is 6.79 Å². The molecule has 0 saturated heterocycles. The summed E-state index contributed by atoms with van der Waals surface area (Å²) in [5, 5.41) is 0. The van der Waals surface area contributed by atoms with Crippen LogP contribution in [0.1, 0.15) is 17.5 Å². The van der Waals surface area contributed by atoms with Crippen LogP contribution in [0.5, 0.6) is 11.5 Å². The van der Waals surface area contributed by atoms with Crippen LogP contribution < -0.4 is 9.47 Å². The maximum Gasteiger partial charge on any atom is 0.230 e. The van der Waals surface area contributed by atoms with Gasteiger partial charge in [-0.15, -0.1) is 0 Å². The Balaban J connectivity index is 0.000000908. The van der Waals surface area contributed by atoms with E-state index in [-0.39, 0.29) is 36.3 Å². The summed E-state index contributed by atoms with van der Waals surface area (Å²) in [5.74, 6) is -0.985. The molecular weight excluding hydrogens is 650 g/mol. The molecule has 0 saturated carbocycles. The van der Waals surface area contributed by atoms with Crippen LogP contribution in [-0.2, 0) is 0 Å². The minimum absolute atomic E-state index is 0.0556. The molecule has 0 aliphatic carbocycles. The van der Waals surface area contributed by atoms with Gasteiger partial charge < -0.3 is 9.47 Å². The Kier molecular flexibility index (Phi) is 12.0. The van der Waals surface area contributed by atoms with Crippen molar-refractivity contribution in [1.82, 2.24) is 0 Å². The van der Waals surface area contributed by atoms with E-state index in [4.69, 9.17) is 9.47 Å². The zero-order valence-electron chi connectivity index (χ0n) is 27.5. The van der Waals surface area contributed by atoms with Crippen molar-refractivity contribution in [2.45, 2.75) is 20.3 Å². The Morgan fingerprint density at radius 1 is 0.420 bits per heavy atom. The molecule has 50 heavy (non-hydrogen) atoms. The zero-order chi connectivity index (χ0) is 35.6. The van der Waals surface area contributed by atoms with Gasteiger partial charge in [-0.1, -0.05) is 60.7 Å². The molecular formula is C42H34F6O2. The van der Waals surface area contributed by atoms with Gasteiger partial charge in [0, 0.05) is 29.7 Å². The molecule has 256 valence electrons. The summed E-state index contributed by atoms with van der Waals surface area (Å²) in [7, 11) is 0. The molecule has 6 rings (SSSR count). The number of aryl methyl sites for hydroxylation is 2. The number of hydrogen-bond donors (Lipinski definition) is 0. The maximum absolute atomic E-state index is 15.1. The first-order chi connectivity index (χ1) is 24.2. The molecule has 0 aliphatic rings. The topological polar surface area (TPSA) is 18.5 Å². The van der Waals surface area contributed by atoms with Crippen LogP contribution >= 0.6 is 0 Å². The number of rotatable bonds is 10. The summed E-state index contributed by atoms with van der Waals surface area (Å²) in [6.07, 6.45) is 0.0556. The molecule has 0 spiro atoms. The molecule has 6 aromatic rings. The Morgan fingerprint density at radius 3 is 1.10 bits per heavy atom. The van der Waals surface area contributed by atoms with Crippen molar-refractivity contribution in [2.75, 3.05) is 20.1 Å². The van der Waals surface area contributed by atoms with E-state index < -0.39 is 25.0 Å². The highest BCUT2D eigenvalue weighted by Gasteiger charge is 2.12. The summed E-state index contributed by atoms with van der Waals surface area (Å²) < 4.78 is 89.5. The predicted octanol–water partition coefficient (Wildman–Crippen LogP) is 12.3. The van der Waals surface area contributed by atoms with E-state index in [9.17, 15) is 17.6 Å². The van der Waals surface area contributed by atoms with Crippen LogP contribution in [0, 0.1) is 37.1 Å². The quantitative estimate of drug-likeness (QED) is 0.106. The lowest BCUT2D eigenvalue weighted by molar-refractivity contribution is 0.119. The van der Waals surface area contributed by atoms with Crippen molar-refractivity contribution in [3.63, 3.8) is 0 Å². The van der Waals surface area contributed by atoms with E-state index in [1.807, 2.05) is 50.2 Å². The van der Waals surface area contributed by atoms with Crippen LogP contribution in [0.25, 0.3) is 44.5 Å². The molecule has 0 amide bonds. The minimum Gasteiger partial charge on any atom is -0.457 e. The molecule has 0 radical (unpaired) electrons. The van der Waals surface area contributed by atoms with Crippen LogP contribution in [0.2, 0.25) is 0 Å². The third-order valence-corrected chi connectivity index (χ3v) is 7.98. The molecule has 0 unspecified atom stereocenters. The number of halogens is 6. The lowest BCUT2D eigenvalue weighted by atomic mass is 9.95. The minimum atomic E-state index is -0.531. The van der Waals surface area contributed by atoms with Crippen LogP contribution in [0.4, 0.5) is 26.3 Å². The van der Waals surface area contributed by atoms with Crippen LogP contribution in [-0.4, -0.2) is 20.1 Å². The molecule has 6 aromatic carbocycles. The van der Waals surface area contributed by atoms with Gasteiger partial charge >= 0.3 is 0 Å². The summed E-state index contributed by atoms with van der Waals surface area (Å²) >= 11 is 0. The fourth-order valence-corrected chi connectivity index (χ4v) is 5.42. The Hall–Kier alpha value is -5.50. The maximum atomic E-state index is 15.1. The zero-order valence-corrected chi connectivity index (χ0v) is 27.5. The molecule has 0 aromatic heterocycles. The standard InChI is InChI=1S/C39H28F4O2.C3H6F2/c1-24-19-28(7-15-34(24)26-3-9-30(40)10-4-26)36-17-13-32(21-38(36)42)44-23-45-33-14-18-37(39(43)22-33)29-8-16-35(25(2)20-29)27-5-11-31(41)12-6-27;4-2-1-3-5/h3-22H,23H2,1-2H3;1-3H2. The van der Waals surface area contributed by atoms with Gasteiger partial charge in [-0.2, -0.15) is 0 Å². The molecule has 2 nitrogen and oxygen atoms in total. The highest BCUT2D eigenvalue weighted by molar-refractivity contribution is 5.75. The first kappa shape index (κ1) is 35.8. The van der Waals surface area contributed by atoms with Crippen molar-refractivity contribution in [3.8, 4) is 56.0 Å². The number of hydrogen-bond acceptors (Lipinski definition) is 2. The lowest BCUT2D eigenvalue weighted by Crippen LogP contribution is -2.06. The fourth-order valence-electron chi connectivity index (χ4n) is 5.42. The van der Waals surface area contributed by atoms with E-state index in [0.717, 1.165) is 33.4 Å². The van der Waals surface area contributed by atoms with E-state index in [1.54, 1.807) is 48.5 Å². The summed E-state index contributed by atoms with van der Waals surface area (Å²) in [6, 6.07) is 32.8. The second-order valence-corrected chi connectivity index (χ2v) is 11.5. The van der Waals surface area contributed by atoms with Crippen molar-refractivity contribution in [3.05, 3.63) is 156 Å². The largest absolute Gasteiger partial charge is 0.457 e. The fraction of sp³-hybridized carbons (Fsp3) is 0.143.